The molecule has 0 spiro atoms. The van der Waals surface area contributed by atoms with Crippen molar-refractivity contribution in [2.24, 2.45) is 0 Å². The van der Waals surface area contributed by atoms with Gasteiger partial charge in [-0.3, -0.25) is 14.5 Å². The molecular formula is C20H18ClFN2O4. The van der Waals surface area contributed by atoms with E-state index in [1.54, 1.807) is 38.1 Å². The van der Waals surface area contributed by atoms with Crippen molar-refractivity contribution in [3.8, 4) is 0 Å². The second kappa shape index (κ2) is 7.24. The molecule has 1 aliphatic heterocycles. The number of hydrogen-bond donors (Lipinski definition) is 1. The molecule has 0 bridgehead atoms. The van der Waals surface area contributed by atoms with Crippen molar-refractivity contribution in [3.05, 3.63) is 58.9 Å². The summed E-state index contributed by atoms with van der Waals surface area (Å²) in [5.41, 5.74) is -0.635. The summed E-state index contributed by atoms with van der Waals surface area (Å²) < 4.78 is 19.1. The Morgan fingerprint density at radius 1 is 1.21 bits per heavy atom. The highest BCUT2D eigenvalue weighted by atomic mass is 35.5. The predicted octanol–water partition coefficient (Wildman–Crippen LogP) is 3.79. The molecule has 1 heterocycles. The van der Waals surface area contributed by atoms with Gasteiger partial charge in [-0.25, -0.2) is 9.18 Å². The first-order valence-corrected chi connectivity index (χ1v) is 8.91. The van der Waals surface area contributed by atoms with Crippen molar-refractivity contribution >= 4 is 40.8 Å². The van der Waals surface area contributed by atoms with E-state index in [1.807, 2.05) is 0 Å². The first kappa shape index (κ1) is 19.8. The lowest BCUT2D eigenvalue weighted by Crippen LogP contribution is -2.60. The van der Waals surface area contributed by atoms with Gasteiger partial charge >= 0.3 is 5.97 Å². The minimum Gasteiger partial charge on any atom is -0.449 e. The minimum atomic E-state index is -1.26. The Hall–Kier alpha value is -2.93. The Balaban J connectivity index is 1.89. The van der Waals surface area contributed by atoms with Crippen LogP contribution in [0.15, 0.2) is 42.5 Å². The molecule has 8 heteroatoms. The molecule has 0 fully saturated rings. The Morgan fingerprint density at radius 3 is 2.61 bits per heavy atom. The second-order valence-electron chi connectivity index (χ2n) is 6.88. The van der Waals surface area contributed by atoms with E-state index in [9.17, 15) is 18.8 Å². The summed E-state index contributed by atoms with van der Waals surface area (Å²) >= 11 is 5.80. The van der Waals surface area contributed by atoms with Gasteiger partial charge in [-0.05, 0) is 51.1 Å². The number of esters is 1. The standard InChI is InChI=1S/C20H18ClFN2O4/c1-11(28-18(26)13-10-12(21)8-9-14(13)22)17(25)24-16-7-5-4-6-15(16)23-19(27)20(24,2)3/h4-11H,1-3H3,(H,23,27)/t11-/m0/s1. The normalized spacial score (nSPS) is 16.0. The van der Waals surface area contributed by atoms with E-state index in [0.29, 0.717) is 11.4 Å². The fourth-order valence-corrected chi connectivity index (χ4v) is 3.13. The van der Waals surface area contributed by atoms with E-state index in [4.69, 9.17) is 16.3 Å². The zero-order valence-corrected chi connectivity index (χ0v) is 16.2. The Labute approximate surface area is 166 Å². The number of hydrogen-bond acceptors (Lipinski definition) is 4. The van der Waals surface area contributed by atoms with Gasteiger partial charge in [0.1, 0.15) is 11.4 Å². The lowest BCUT2D eigenvalue weighted by Gasteiger charge is -2.42. The maximum Gasteiger partial charge on any atom is 0.341 e. The molecule has 2 aromatic carbocycles. The number of carbonyl (C=O) groups is 3. The summed E-state index contributed by atoms with van der Waals surface area (Å²) in [7, 11) is 0. The summed E-state index contributed by atoms with van der Waals surface area (Å²) in [6.07, 6.45) is -1.26. The monoisotopic (exact) mass is 404 g/mol. The van der Waals surface area contributed by atoms with Crippen LogP contribution < -0.4 is 10.2 Å². The third-order valence-electron chi connectivity index (χ3n) is 4.51. The topological polar surface area (TPSA) is 75.7 Å². The molecule has 0 aromatic heterocycles. The zero-order valence-electron chi connectivity index (χ0n) is 15.5. The Morgan fingerprint density at radius 2 is 1.89 bits per heavy atom. The van der Waals surface area contributed by atoms with Gasteiger partial charge in [-0.2, -0.15) is 0 Å². The van der Waals surface area contributed by atoms with E-state index in [0.717, 1.165) is 12.1 Å². The average Bonchev–Trinajstić information content (AvgIpc) is 2.64. The molecule has 1 N–H and O–H groups in total. The first-order valence-electron chi connectivity index (χ1n) is 8.53. The lowest BCUT2D eigenvalue weighted by molar-refractivity contribution is -0.131. The van der Waals surface area contributed by atoms with E-state index >= 15 is 0 Å². The number of halogens is 2. The highest BCUT2D eigenvalue weighted by Crippen LogP contribution is 2.37. The maximum absolute atomic E-state index is 13.9. The van der Waals surface area contributed by atoms with Gasteiger partial charge in [0, 0.05) is 5.02 Å². The Kier molecular flexibility index (Phi) is 5.12. The van der Waals surface area contributed by atoms with Crippen LogP contribution in [0.25, 0.3) is 0 Å². The van der Waals surface area contributed by atoms with E-state index in [2.05, 4.69) is 5.32 Å². The molecule has 0 aliphatic carbocycles. The number of para-hydroxylation sites is 2. The van der Waals surface area contributed by atoms with Crippen LogP contribution in [-0.2, 0) is 14.3 Å². The number of nitrogens with one attached hydrogen (secondary N) is 1. The molecule has 0 saturated carbocycles. The van der Waals surface area contributed by atoms with Crippen LogP contribution in [0.5, 0.6) is 0 Å². The number of fused-ring (bicyclic) bond motifs is 1. The molecule has 1 aliphatic rings. The number of nitrogens with zero attached hydrogens (tertiary/aromatic N) is 1. The molecule has 0 radical (unpaired) electrons. The summed E-state index contributed by atoms with van der Waals surface area (Å²) in [6, 6.07) is 10.3. The second-order valence-corrected chi connectivity index (χ2v) is 7.31. The van der Waals surface area contributed by atoms with Crippen LogP contribution >= 0.6 is 11.6 Å². The largest absolute Gasteiger partial charge is 0.449 e. The number of benzene rings is 2. The van der Waals surface area contributed by atoms with Crippen molar-refractivity contribution in [3.63, 3.8) is 0 Å². The fraction of sp³-hybridized carbons (Fsp3) is 0.250. The molecule has 0 saturated heterocycles. The lowest BCUT2D eigenvalue weighted by atomic mass is 9.95. The highest BCUT2D eigenvalue weighted by molar-refractivity contribution is 6.30. The summed E-state index contributed by atoms with van der Waals surface area (Å²) in [6.45, 7) is 4.54. The van der Waals surface area contributed by atoms with Crippen LogP contribution in [0, 0.1) is 5.82 Å². The molecule has 2 amide bonds. The van der Waals surface area contributed by atoms with Crippen molar-refractivity contribution in [2.75, 3.05) is 10.2 Å². The molecule has 28 heavy (non-hydrogen) atoms. The zero-order chi connectivity index (χ0) is 20.6. The van der Waals surface area contributed by atoms with Crippen molar-refractivity contribution in [2.45, 2.75) is 32.4 Å². The average molecular weight is 405 g/mol. The summed E-state index contributed by atoms with van der Waals surface area (Å²) in [5, 5.41) is 2.91. The van der Waals surface area contributed by atoms with E-state index in [1.165, 1.54) is 17.9 Å². The molecule has 3 rings (SSSR count). The van der Waals surface area contributed by atoms with E-state index in [-0.39, 0.29) is 16.5 Å². The molecule has 2 aromatic rings. The smallest absolute Gasteiger partial charge is 0.341 e. The van der Waals surface area contributed by atoms with Crippen LogP contribution in [0.3, 0.4) is 0 Å². The van der Waals surface area contributed by atoms with Gasteiger partial charge < -0.3 is 10.1 Å². The van der Waals surface area contributed by atoms with Crippen LogP contribution in [0.2, 0.25) is 5.02 Å². The number of anilines is 2. The van der Waals surface area contributed by atoms with Gasteiger partial charge in [-0.15, -0.1) is 0 Å². The molecule has 146 valence electrons. The van der Waals surface area contributed by atoms with Crippen LogP contribution in [-0.4, -0.2) is 29.4 Å². The third kappa shape index (κ3) is 3.45. The van der Waals surface area contributed by atoms with Gasteiger partial charge in [0.05, 0.1) is 16.9 Å². The summed E-state index contributed by atoms with van der Waals surface area (Å²) in [4.78, 5) is 39.2. The Bertz CT molecular complexity index is 976. The van der Waals surface area contributed by atoms with Gasteiger partial charge in [0.15, 0.2) is 6.10 Å². The van der Waals surface area contributed by atoms with Gasteiger partial charge in [0.2, 0.25) is 5.91 Å². The number of rotatable bonds is 3. The minimum absolute atomic E-state index is 0.162. The van der Waals surface area contributed by atoms with E-state index < -0.39 is 29.3 Å². The first-order chi connectivity index (χ1) is 13.1. The quantitative estimate of drug-likeness (QED) is 0.790. The summed E-state index contributed by atoms with van der Waals surface area (Å²) in [5.74, 6) is -2.81. The highest BCUT2D eigenvalue weighted by Gasteiger charge is 2.45. The fourth-order valence-electron chi connectivity index (χ4n) is 2.96. The molecule has 0 unspecified atom stereocenters. The van der Waals surface area contributed by atoms with Crippen LogP contribution in [0.4, 0.5) is 15.8 Å². The van der Waals surface area contributed by atoms with Crippen molar-refractivity contribution < 1.29 is 23.5 Å². The molecule has 1 atom stereocenters. The van der Waals surface area contributed by atoms with Crippen molar-refractivity contribution in [1.82, 2.24) is 0 Å². The molecule has 6 nitrogen and oxygen atoms in total. The van der Waals surface area contributed by atoms with Gasteiger partial charge in [0.25, 0.3) is 5.91 Å². The number of amides is 2. The predicted molar refractivity (Wildman–Crippen MR) is 103 cm³/mol. The van der Waals surface area contributed by atoms with Crippen LogP contribution in [0.1, 0.15) is 31.1 Å². The van der Waals surface area contributed by atoms with Gasteiger partial charge in [-0.1, -0.05) is 23.7 Å². The maximum atomic E-state index is 13.9. The number of carbonyl (C=O) groups excluding carboxylic acids is 3. The SMILES string of the molecule is C[C@H](OC(=O)c1cc(Cl)ccc1F)C(=O)N1c2ccccc2NC(=O)C1(C)C. The van der Waals surface area contributed by atoms with Crippen molar-refractivity contribution in [1.29, 1.82) is 0 Å². The number of ether oxygens (including phenoxy) is 1. The molecular weight excluding hydrogens is 387 g/mol. The third-order valence-corrected chi connectivity index (χ3v) is 4.74.